The Labute approximate surface area is 131 Å². The lowest BCUT2D eigenvalue weighted by Gasteiger charge is -2.34. The first kappa shape index (κ1) is 16.5. The Morgan fingerprint density at radius 2 is 1.95 bits per heavy atom. The van der Waals surface area contributed by atoms with Crippen molar-refractivity contribution in [2.45, 2.75) is 44.7 Å². The molecular formula is C17H24N2O3. The number of methoxy groups -OCH3 is 1. The molecule has 1 aromatic carbocycles. The number of esters is 1. The molecule has 22 heavy (non-hydrogen) atoms. The number of hydrogen-bond donors (Lipinski definition) is 2. The number of rotatable bonds is 4. The van der Waals surface area contributed by atoms with Gasteiger partial charge in [0.2, 0.25) is 5.91 Å². The molecule has 0 aromatic heterocycles. The Bertz CT molecular complexity index is 533. The second kappa shape index (κ2) is 6.92. The van der Waals surface area contributed by atoms with Gasteiger partial charge < -0.3 is 15.4 Å². The fourth-order valence-electron chi connectivity index (χ4n) is 2.72. The van der Waals surface area contributed by atoms with Crippen LogP contribution in [0.25, 0.3) is 0 Å². The van der Waals surface area contributed by atoms with E-state index in [2.05, 4.69) is 15.4 Å². The monoisotopic (exact) mass is 304 g/mol. The first-order valence-electron chi connectivity index (χ1n) is 7.70. The van der Waals surface area contributed by atoms with Crippen LogP contribution < -0.4 is 10.6 Å². The van der Waals surface area contributed by atoms with Crippen molar-refractivity contribution < 1.29 is 14.3 Å². The quantitative estimate of drug-likeness (QED) is 0.837. The molecule has 0 saturated carbocycles. The Hall–Kier alpha value is -1.88. The minimum Gasteiger partial charge on any atom is -0.465 e. The molecule has 1 aromatic rings. The molecule has 0 spiro atoms. The van der Waals surface area contributed by atoms with Gasteiger partial charge in [0, 0.05) is 0 Å². The summed E-state index contributed by atoms with van der Waals surface area (Å²) in [6, 6.07) is 7.00. The number of carbonyl (C=O) groups excluding carboxylic acids is 2. The van der Waals surface area contributed by atoms with Crippen molar-refractivity contribution in [3.05, 3.63) is 35.4 Å². The number of piperidine rings is 1. The van der Waals surface area contributed by atoms with E-state index in [1.807, 2.05) is 26.0 Å². The molecule has 1 fully saturated rings. The van der Waals surface area contributed by atoms with E-state index < -0.39 is 5.54 Å². The normalized spacial score (nSPS) is 22.7. The first-order valence-corrected chi connectivity index (χ1v) is 7.70. The van der Waals surface area contributed by atoms with Gasteiger partial charge in [-0.2, -0.15) is 0 Å². The number of benzene rings is 1. The maximum Gasteiger partial charge on any atom is 0.337 e. The Kier molecular flexibility index (Phi) is 5.19. The van der Waals surface area contributed by atoms with Gasteiger partial charge in [0.25, 0.3) is 0 Å². The fraction of sp³-hybridized carbons (Fsp3) is 0.529. The molecule has 120 valence electrons. The van der Waals surface area contributed by atoms with E-state index >= 15 is 0 Å². The third-order valence-electron chi connectivity index (χ3n) is 4.30. The summed E-state index contributed by atoms with van der Waals surface area (Å²) in [5, 5.41) is 6.36. The van der Waals surface area contributed by atoms with Gasteiger partial charge in [0.1, 0.15) is 0 Å². The van der Waals surface area contributed by atoms with Crippen molar-refractivity contribution in [3.63, 3.8) is 0 Å². The average Bonchev–Trinajstić information content (AvgIpc) is 2.54. The highest BCUT2D eigenvalue weighted by Crippen LogP contribution is 2.21. The van der Waals surface area contributed by atoms with Crippen molar-refractivity contribution in [1.29, 1.82) is 0 Å². The molecule has 1 aliphatic heterocycles. The van der Waals surface area contributed by atoms with Crippen molar-refractivity contribution in [2.24, 2.45) is 0 Å². The van der Waals surface area contributed by atoms with Crippen LogP contribution in [0.2, 0.25) is 0 Å². The van der Waals surface area contributed by atoms with Crippen LogP contribution in [-0.2, 0) is 9.53 Å². The third-order valence-corrected chi connectivity index (χ3v) is 4.30. The molecule has 1 heterocycles. The molecule has 2 rings (SSSR count). The minimum absolute atomic E-state index is 0.0248. The first-order chi connectivity index (χ1) is 10.5. The Morgan fingerprint density at radius 3 is 2.50 bits per heavy atom. The molecular weight excluding hydrogens is 280 g/mol. The summed E-state index contributed by atoms with van der Waals surface area (Å²) >= 11 is 0. The van der Waals surface area contributed by atoms with Gasteiger partial charge in [-0.25, -0.2) is 4.79 Å². The molecule has 1 amide bonds. The number of amides is 1. The standard InChI is InChI=1S/C17H24N2O3/c1-12(13-6-8-14(9-7-13)15(20)22-3)19-16(21)17(2)10-4-5-11-18-17/h6-9,12,18H,4-5,10-11H2,1-3H3,(H,19,21)/t12-,17?/m0/s1. The molecule has 0 aliphatic carbocycles. The fourth-order valence-corrected chi connectivity index (χ4v) is 2.72. The van der Waals surface area contributed by atoms with E-state index in [1.165, 1.54) is 7.11 Å². The van der Waals surface area contributed by atoms with Gasteiger partial charge in [-0.1, -0.05) is 12.1 Å². The summed E-state index contributed by atoms with van der Waals surface area (Å²) in [5.74, 6) is -0.334. The topological polar surface area (TPSA) is 67.4 Å². The van der Waals surface area contributed by atoms with Crippen LogP contribution in [0, 0.1) is 0 Å². The summed E-state index contributed by atoms with van der Waals surface area (Å²) in [6.45, 7) is 4.78. The number of nitrogens with one attached hydrogen (secondary N) is 2. The van der Waals surface area contributed by atoms with Crippen LogP contribution >= 0.6 is 0 Å². The SMILES string of the molecule is COC(=O)c1ccc([C@H](C)NC(=O)C2(C)CCCCN2)cc1. The van der Waals surface area contributed by atoms with Crippen LogP contribution in [0.4, 0.5) is 0 Å². The number of carbonyl (C=O) groups is 2. The van der Waals surface area contributed by atoms with E-state index in [0.29, 0.717) is 5.56 Å². The minimum atomic E-state index is -0.488. The highest BCUT2D eigenvalue weighted by molar-refractivity contribution is 5.89. The van der Waals surface area contributed by atoms with Crippen LogP contribution in [0.1, 0.15) is 55.1 Å². The molecule has 1 unspecified atom stereocenters. The zero-order valence-electron chi connectivity index (χ0n) is 13.4. The van der Waals surface area contributed by atoms with Crippen LogP contribution in [0.3, 0.4) is 0 Å². The van der Waals surface area contributed by atoms with Gasteiger partial charge in [-0.15, -0.1) is 0 Å². The van der Waals surface area contributed by atoms with Crippen LogP contribution in [-0.4, -0.2) is 31.1 Å². The maximum atomic E-state index is 12.5. The summed E-state index contributed by atoms with van der Waals surface area (Å²) in [5.41, 5.74) is 0.976. The van der Waals surface area contributed by atoms with E-state index in [-0.39, 0.29) is 17.9 Å². The van der Waals surface area contributed by atoms with Crippen LogP contribution in [0.15, 0.2) is 24.3 Å². The lowest BCUT2D eigenvalue weighted by atomic mass is 9.89. The molecule has 0 bridgehead atoms. The average molecular weight is 304 g/mol. The summed E-state index contributed by atoms with van der Waals surface area (Å²) in [4.78, 5) is 23.9. The van der Waals surface area contributed by atoms with Gasteiger partial charge in [-0.05, 0) is 57.4 Å². The molecule has 2 atom stereocenters. The van der Waals surface area contributed by atoms with Crippen molar-refractivity contribution >= 4 is 11.9 Å². The van der Waals surface area contributed by atoms with E-state index in [0.717, 1.165) is 31.4 Å². The Morgan fingerprint density at radius 1 is 1.27 bits per heavy atom. The molecule has 5 heteroatoms. The van der Waals surface area contributed by atoms with Gasteiger partial charge in [0.15, 0.2) is 0 Å². The smallest absolute Gasteiger partial charge is 0.337 e. The predicted molar refractivity (Wildman–Crippen MR) is 84.6 cm³/mol. The predicted octanol–water partition coefficient (Wildman–Crippen LogP) is 2.18. The number of hydrogen-bond acceptors (Lipinski definition) is 4. The van der Waals surface area contributed by atoms with Gasteiger partial charge in [0.05, 0.1) is 24.3 Å². The van der Waals surface area contributed by atoms with Crippen molar-refractivity contribution in [2.75, 3.05) is 13.7 Å². The zero-order valence-corrected chi connectivity index (χ0v) is 13.4. The lowest BCUT2D eigenvalue weighted by Crippen LogP contribution is -2.57. The lowest BCUT2D eigenvalue weighted by molar-refractivity contribution is -0.128. The maximum absolute atomic E-state index is 12.5. The highest BCUT2D eigenvalue weighted by atomic mass is 16.5. The van der Waals surface area contributed by atoms with Crippen molar-refractivity contribution in [1.82, 2.24) is 10.6 Å². The van der Waals surface area contributed by atoms with Gasteiger partial charge in [-0.3, -0.25) is 4.79 Å². The summed E-state index contributed by atoms with van der Waals surface area (Å²) in [7, 11) is 1.36. The molecule has 5 nitrogen and oxygen atoms in total. The second-order valence-corrected chi connectivity index (χ2v) is 6.02. The molecule has 1 aliphatic rings. The summed E-state index contributed by atoms with van der Waals surface area (Å²) in [6.07, 6.45) is 3.04. The second-order valence-electron chi connectivity index (χ2n) is 6.02. The zero-order chi connectivity index (χ0) is 16.2. The van der Waals surface area contributed by atoms with Crippen LogP contribution in [0.5, 0.6) is 0 Å². The summed E-state index contributed by atoms with van der Waals surface area (Å²) < 4.78 is 4.68. The third kappa shape index (κ3) is 3.65. The highest BCUT2D eigenvalue weighted by Gasteiger charge is 2.34. The van der Waals surface area contributed by atoms with E-state index in [1.54, 1.807) is 12.1 Å². The van der Waals surface area contributed by atoms with Gasteiger partial charge >= 0.3 is 5.97 Å². The molecule has 1 saturated heterocycles. The molecule has 2 N–H and O–H groups in total. The van der Waals surface area contributed by atoms with E-state index in [9.17, 15) is 9.59 Å². The van der Waals surface area contributed by atoms with E-state index in [4.69, 9.17) is 0 Å². The number of ether oxygens (including phenoxy) is 1. The molecule has 0 radical (unpaired) electrons. The largest absolute Gasteiger partial charge is 0.465 e. The Balaban J connectivity index is 2.00. The van der Waals surface area contributed by atoms with Crippen molar-refractivity contribution in [3.8, 4) is 0 Å².